The van der Waals surface area contributed by atoms with Gasteiger partial charge in [-0.25, -0.2) is 0 Å². The third-order valence-electron chi connectivity index (χ3n) is 3.61. The van der Waals surface area contributed by atoms with Gasteiger partial charge < -0.3 is 15.2 Å². The van der Waals surface area contributed by atoms with Crippen molar-refractivity contribution in [2.45, 2.75) is 19.4 Å². The van der Waals surface area contributed by atoms with E-state index in [9.17, 15) is 4.79 Å². The highest BCUT2D eigenvalue weighted by molar-refractivity contribution is 6.33. The molecule has 0 saturated carbocycles. The van der Waals surface area contributed by atoms with Crippen LogP contribution in [0.3, 0.4) is 0 Å². The predicted molar refractivity (Wildman–Crippen MR) is 87.7 cm³/mol. The highest BCUT2D eigenvalue weighted by Crippen LogP contribution is 2.30. The summed E-state index contributed by atoms with van der Waals surface area (Å²) in [6.45, 7) is 3.44. The number of amides is 1. The molecule has 7 heteroatoms. The lowest BCUT2D eigenvalue weighted by atomic mass is 10.1. The zero-order chi connectivity index (χ0) is 14.8. The Bertz CT molecular complexity index is 667. The van der Waals surface area contributed by atoms with Gasteiger partial charge in [0.2, 0.25) is 0 Å². The van der Waals surface area contributed by atoms with Crippen LogP contribution in [0.1, 0.15) is 22.5 Å². The van der Waals surface area contributed by atoms with Crippen LogP contribution in [0.4, 0.5) is 0 Å². The number of carbonyl (C=O) groups excluding carboxylic acids is 1. The molecule has 1 unspecified atom stereocenters. The van der Waals surface area contributed by atoms with E-state index < -0.39 is 0 Å². The fraction of sp³-hybridized carbons (Fsp3) is 0.333. The largest absolute Gasteiger partial charge is 0.360 e. The van der Waals surface area contributed by atoms with Crippen LogP contribution in [0.2, 0.25) is 5.02 Å². The first-order valence-electron chi connectivity index (χ1n) is 6.89. The Morgan fingerprint density at radius 1 is 1.45 bits per heavy atom. The van der Waals surface area contributed by atoms with Gasteiger partial charge in [-0.3, -0.25) is 4.79 Å². The Hall–Kier alpha value is -1.56. The fourth-order valence-electron chi connectivity index (χ4n) is 2.51. The molecule has 22 heavy (non-hydrogen) atoms. The Labute approximate surface area is 139 Å². The SMILES string of the molecule is Cc1onc(-c2ccccc2Cl)c1C(=O)NC1CCNC1.Cl. The molecular weight excluding hydrogens is 325 g/mol. The lowest BCUT2D eigenvalue weighted by molar-refractivity contribution is 0.0939. The number of aryl methyl sites for hydroxylation is 1. The van der Waals surface area contributed by atoms with Gasteiger partial charge in [-0.1, -0.05) is 35.0 Å². The highest BCUT2D eigenvalue weighted by Gasteiger charge is 2.25. The van der Waals surface area contributed by atoms with Crippen LogP contribution in [0.15, 0.2) is 28.8 Å². The number of hydrogen-bond acceptors (Lipinski definition) is 4. The minimum Gasteiger partial charge on any atom is -0.360 e. The highest BCUT2D eigenvalue weighted by atomic mass is 35.5. The van der Waals surface area contributed by atoms with Crippen LogP contribution < -0.4 is 10.6 Å². The second-order valence-corrected chi connectivity index (χ2v) is 5.51. The van der Waals surface area contributed by atoms with Crippen molar-refractivity contribution < 1.29 is 9.32 Å². The fourth-order valence-corrected chi connectivity index (χ4v) is 2.74. The molecule has 1 aromatic carbocycles. The normalized spacial score (nSPS) is 17.1. The van der Waals surface area contributed by atoms with E-state index in [1.807, 2.05) is 18.2 Å². The second-order valence-electron chi connectivity index (χ2n) is 5.11. The van der Waals surface area contributed by atoms with Gasteiger partial charge in [0.15, 0.2) is 0 Å². The molecular formula is C15H17Cl2N3O2. The molecule has 3 rings (SSSR count). The zero-order valence-corrected chi connectivity index (χ0v) is 13.6. The molecule has 2 aromatic rings. The van der Waals surface area contributed by atoms with E-state index >= 15 is 0 Å². The molecule has 118 valence electrons. The van der Waals surface area contributed by atoms with Gasteiger partial charge in [-0.15, -0.1) is 12.4 Å². The van der Waals surface area contributed by atoms with E-state index in [1.54, 1.807) is 13.0 Å². The van der Waals surface area contributed by atoms with Crippen molar-refractivity contribution >= 4 is 29.9 Å². The predicted octanol–water partition coefficient (Wildman–Crippen LogP) is 2.82. The molecule has 1 aromatic heterocycles. The number of halogens is 2. The summed E-state index contributed by atoms with van der Waals surface area (Å²) < 4.78 is 5.21. The second kappa shape index (κ2) is 7.13. The Morgan fingerprint density at radius 3 is 2.91 bits per heavy atom. The minimum absolute atomic E-state index is 0. The molecule has 5 nitrogen and oxygen atoms in total. The first-order valence-corrected chi connectivity index (χ1v) is 7.27. The number of hydrogen-bond donors (Lipinski definition) is 2. The van der Waals surface area contributed by atoms with Crippen molar-refractivity contribution in [1.82, 2.24) is 15.8 Å². The summed E-state index contributed by atoms with van der Waals surface area (Å²) >= 11 is 6.19. The van der Waals surface area contributed by atoms with Gasteiger partial charge in [0, 0.05) is 18.2 Å². The van der Waals surface area contributed by atoms with Crippen molar-refractivity contribution in [2.24, 2.45) is 0 Å². The summed E-state index contributed by atoms with van der Waals surface area (Å²) in [5, 5.41) is 10.8. The van der Waals surface area contributed by atoms with Gasteiger partial charge in [0.05, 0.1) is 5.02 Å². The standard InChI is InChI=1S/C15H16ClN3O2.ClH/c1-9-13(15(20)18-10-6-7-17-8-10)14(19-21-9)11-4-2-3-5-12(11)16;/h2-5,10,17H,6-8H2,1H3,(H,18,20);1H. The van der Waals surface area contributed by atoms with E-state index in [-0.39, 0.29) is 24.4 Å². The summed E-state index contributed by atoms with van der Waals surface area (Å²) in [4.78, 5) is 12.5. The van der Waals surface area contributed by atoms with Crippen LogP contribution in [-0.4, -0.2) is 30.2 Å². The molecule has 1 aliphatic rings. The molecule has 1 amide bonds. The van der Waals surface area contributed by atoms with Gasteiger partial charge in [-0.05, 0) is 26.0 Å². The molecule has 0 bridgehead atoms. The van der Waals surface area contributed by atoms with E-state index in [2.05, 4.69) is 15.8 Å². The number of nitrogens with one attached hydrogen (secondary N) is 2. The van der Waals surface area contributed by atoms with Crippen LogP contribution >= 0.6 is 24.0 Å². The third kappa shape index (κ3) is 3.27. The number of nitrogens with zero attached hydrogens (tertiary/aromatic N) is 1. The third-order valence-corrected chi connectivity index (χ3v) is 3.94. The minimum atomic E-state index is -0.169. The number of carbonyl (C=O) groups is 1. The van der Waals surface area contributed by atoms with Gasteiger partial charge >= 0.3 is 0 Å². The van der Waals surface area contributed by atoms with Crippen molar-refractivity contribution in [3.05, 3.63) is 40.6 Å². The average Bonchev–Trinajstić information content (AvgIpc) is 3.09. The van der Waals surface area contributed by atoms with Crippen LogP contribution in [-0.2, 0) is 0 Å². The van der Waals surface area contributed by atoms with Crippen LogP contribution in [0, 0.1) is 6.92 Å². The van der Waals surface area contributed by atoms with E-state index in [1.165, 1.54) is 0 Å². The van der Waals surface area contributed by atoms with E-state index in [0.29, 0.717) is 27.6 Å². The summed E-state index contributed by atoms with van der Waals surface area (Å²) in [6, 6.07) is 7.43. The van der Waals surface area contributed by atoms with Gasteiger partial charge in [0.1, 0.15) is 17.0 Å². The number of benzene rings is 1. The van der Waals surface area contributed by atoms with Crippen molar-refractivity contribution in [1.29, 1.82) is 0 Å². The molecule has 1 saturated heterocycles. The molecule has 1 atom stereocenters. The van der Waals surface area contributed by atoms with Gasteiger partial charge in [0.25, 0.3) is 5.91 Å². The first kappa shape index (κ1) is 16.8. The number of aromatic nitrogens is 1. The lowest BCUT2D eigenvalue weighted by Gasteiger charge is -2.11. The van der Waals surface area contributed by atoms with E-state index in [4.69, 9.17) is 16.1 Å². The molecule has 2 heterocycles. The van der Waals surface area contributed by atoms with Crippen molar-refractivity contribution in [2.75, 3.05) is 13.1 Å². The Kier molecular flexibility index (Phi) is 5.45. The molecule has 0 aliphatic carbocycles. The maximum atomic E-state index is 12.5. The quantitative estimate of drug-likeness (QED) is 0.900. The molecule has 1 aliphatic heterocycles. The van der Waals surface area contributed by atoms with Crippen LogP contribution in [0.5, 0.6) is 0 Å². The maximum absolute atomic E-state index is 12.5. The average molecular weight is 342 g/mol. The zero-order valence-electron chi connectivity index (χ0n) is 12.1. The summed E-state index contributed by atoms with van der Waals surface area (Å²) in [6.07, 6.45) is 0.928. The summed E-state index contributed by atoms with van der Waals surface area (Å²) in [5.74, 6) is 0.325. The first-order chi connectivity index (χ1) is 10.2. The molecule has 0 spiro atoms. The molecule has 1 fully saturated rings. The van der Waals surface area contributed by atoms with Crippen molar-refractivity contribution in [3.8, 4) is 11.3 Å². The summed E-state index contributed by atoms with van der Waals surface area (Å²) in [5.41, 5.74) is 1.64. The topological polar surface area (TPSA) is 67.2 Å². The Balaban J connectivity index is 0.00000176. The Morgan fingerprint density at radius 2 is 2.23 bits per heavy atom. The van der Waals surface area contributed by atoms with Crippen LogP contribution in [0.25, 0.3) is 11.3 Å². The molecule has 2 N–H and O–H groups in total. The summed E-state index contributed by atoms with van der Waals surface area (Å²) in [7, 11) is 0. The lowest BCUT2D eigenvalue weighted by Crippen LogP contribution is -2.36. The molecule has 0 radical (unpaired) electrons. The maximum Gasteiger partial charge on any atom is 0.257 e. The van der Waals surface area contributed by atoms with Crippen molar-refractivity contribution in [3.63, 3.8) is 0 Å². The smallest absolute Gasteiger partial charge is 0.257 e. The number of rotatable bonds is 3. The van der Waals surface area contributed by atoms with Gasteiger partial charge in [-0.2, -0.15) is 0 Å². The van der Waals surface area contributed by atoms with E-state index in [0.717, 1.165) is 19.5 Å². The monoisotopic (exact) mass is 341 g/mol.